The highest BCUT2D eigenvalue weighted by Gasteiger charge is 2.38. The quantitative estimate of drug-likeness (QED) is 0.791. The van der Waals surface area contributed by atoms with Crippen LogP contribution < -0.4 is 4.74 Å². The van der Waals surface area contributed by atoms with Gasteiger partial charge in [-0.25, -0.2) is 0 Å². The molecule has 4 atom stereocenters. The normalized spacial score (nSPS) is 28.3. The van der Waals surface area contributed by atoms with Gasteiger partial charge >= 0.3 is 0 Å². The lowest BCUT2D eigenvalue weighted by atomic mass is 10.1. The first kappa shape index (κ1) is 15.3. The molecule has 0 amide bonds. The van der Waals surface area contributed by atoms with E-state index in [0.29, 0.717) is 11.5 Å². The van der Waals surface area contributed by atoms with E-state index < -0.39 is 23.7 Å². The Bertz CT molecular complexity index is 625. The number of hydrogen-bond donors (Lipinski definition) is 3. The van der Waals surface area contributed by atoms with E-state index in [1.165, 1.54) is 11.8 Å². The van der Waals surface area contributed by atoms with Crippen LogP contribution in [0.5, 0.6) is 5.75 Å². The smallest absolute Gasteiger partial charge is 0.173 e. The molecule has 0 bridgehead atoms. The summed E-state index contributed by atoms with van der Waals surface area (Å²) in [5, 5.41) is 29.4. The summed E-state index contributed by atoms with van der Waals surface area (Å²) in [6.07, 6.45) is 0.140. The van der Waals surface area contributed by atoms with Crippen LogP contribution in [0.3, 0.4) is 0 Å². The van der Waals surface area contributed by atoms with Crippen molar-refractivity contribution in [3.63, 3.8) is 0 Å². The van der Waals surface area contributed by atoms with E-state index in [1.54, 1.807) is 12.4 Å². The van der Waals surface area contributed by atoms with Crippen molar-refractivity contribution >= 4 is 11.8 Å². The lowest BCUT2D eigenvalue weighted by Crippen LogP contribution is -2.50. The number of hydrogen-bond acceptors (Lipinski definition) is 6. The van der Waals surface area contributed by atoms with E-state index in [4.69, 9.17) is 4.74 Å². The third-order valence-corrected chi connectivity index (χ3v) is 4.81. The Morgan fingerprint density at radius 2 is 1.73 bits per heavy atom. The molecule has 1 saturated heterocycles. The Hall–Kier alpha value is -1.60. The highest BCUT2D eigenvalue weighted by atomic mass is 32.2. The van der Waals surface area contributed by atoms with E-state index >= 15 is 0 Å². The monoisotopic (exact) mass is 319 g/mol. The van der Waals surface area contributed by atoms with Crippen molar-refractivity contribution in [3.8, 4) is 16.9 Å². The lowest BCUT2D eigenvalue weighted by Gasteiger charge is -2.34. The molecule has 0 spiro atoms. The number of pyridine rings is 1. The molecule has 22 heavy (non-hydrogen) atoms. The van der Waals surface area contributed by atoms with Crippen molar-refractivity contribution < 1.29 is 20.1 Å². The minimum atomic E-state index is -1.20. The molecule has 3 rings (SSSR count). The van der Waals surface area contributed by atoms with E-state index in [0.717, 1.165) is 11.1 Å². The molecule has 1 aliphatic heterocycles. The molecule has 116 valence electrons. The summed E-state index contributed by atoms with van der Waals surface area (Å²) in [7, 11) is 0. The molecule has 2 aromatic rings. The molecule has 1 fully saturated rings. The first-order chi connectivity index (χ1) is 10.7. The topological polar surface area (TPSA) is 82.8 Å². The van der Waals surface area contributed by atoms with Crippen LogP contribution in [-0.4, -0.2) is 49.8 Å². The van der Waals surface area contributed by atoms with Crippen LogP contribution in [0.15, 0.2) is 48.8 Å². The number of para-hydroxylation sites is 1. The van der Waals surface area contributed by atoms with E-state index in [1.807, 2.05) is 36.4 Å². The summed E-state index contributed by atoms with van der Waals surface area (Å²) in [6, 6.07) is 11.3. The minimum Gasteiger partial charge on any atom is -0.476 e. The van der Waals surface area contributed by atoms with Crippen LogP contribution in [0.1, 0.15) is 0 Å². The fourth-order valence-corrected chi connectivity index (χ4v) is 3.46. The SMILES string of the molecule is O[C@@H]1[C@@H](O)[C@H](Oc2ccccc2-c2ccncc2)SC[C@H]1O. The molecule has 3 N–H and O–H groups in total. The number of thioether (sulfide) groups is 1. The van der Waals surface area contributed by atoms with Crippen LogP contribution in [0.25, 0.3) is 11.1 Å². The van der Waals surface area contributed by atoms with Gasteiger partial charge in [0.15, 0.2) is 5.44 Å². The molecule has 6 heteroatoms. The third-order valence-electron chi connectivity index (χ3n) is 3.58. The second kappa shape index (κ2) is 6.66. The number of aliphatic hydroxyl groups is 3. The third kappa shape index (κ3) is 3.10. The summed E-state index contributed by atoms with van der Waals surface area (Å²) in [5.74, 6) is 0.939. The molecular formula is C16H17NO4S. The number of benzene rings is 1. The van der Waals surface area contributed by atoms with Gasteiger partial charge in [-0.05, 0) is 23.8 Å². The van der Waals surface area contributed by atoms with Crippen molar-refractivity contribution in [2.45, 2.75) is 23.7 Å². The molecule has 0 saturated carbocycles. The molecule has 1 aromatic carbocycles. The van der Waals surface area contributed by atoms with E-state index in [2.05, 4.69) is 4.98 Å². The van der Waals surface area contributed by atoms with Crippen LogP contribution in [0, 0.1) is 0 Å². The summed E-state index contributed by atoms with van der Waals surface area (Å²) in [5.41, 5.74) is 1.22. The Morgan fingerprint density at radius 1 is 1.00 bits per heavy atom. The highest BCUT2D eigenvalue weighted by molar-refractivity contribution is 7.99. The highest BCUT2D eigenvalue weighted by Crippen LogP contribution is 2.34. The zero-order valence-electron chi connectivity index (χ0n) is 11.7. The van der Waals surface area contributed by atoms with Crippen molar-refractivity contribution in [1.29, 1.82) is 0 Å². The van der Waals surface area contributed by atoms with Crippen LogP contribution in [-0.2, 0) is 0 Å². The second-order valence-corrected chi connectivity index (χ2v) is 6.23. The van der Waals surface area contributed by atoms with Crippen molar-refractivity contribution in [2.75, 3.05) is 5.75 Å². The molecule has 0 unspecified atom stereocenters. The van der Waals surface area contributed by atoms with Crippen molar-refractivity contribution in [3.05, 3.63) is 48.8 Å². The van der Waals surface area contributed by atoms with Gasteiger partial charge in [0.1, 0.15) is 18.0 Å². The van der Waals surface area contributed by atoms with E-state index in [-0.39, 0.29) is 0 Å². The van der Waals surface area contributed by atoms with Crippen LogP contribution in [0.2, 0.25) is 0 Å². The molecule has 5 nitrogen and oxygen atoms in total. The minimum absolute atomic E-state index is 0.320. The number of ether oxygens (including phenoxy) is 1. The Labute approximate surface area is 132 Å². The zero-order chi connectivity index (χ0) is 15.5. The Morgan fingerprint density at radius 3 is 2.50 bits per heavy atom. The van der Waals surface area contributed by atoms with Gasteiger partial charge in [0, 0.05) is 23.7 Å². The average molecular weight is 319 g/mol. The molecule has 0 radical (unpaired) electrons. The summed E-state index contributed by atoms with van der Waals surface area (Å²) < 4.78 is 5.89. The van der Waals surface area contributed by atoms with E-state index in [9.17, 15) is 15.3 Å². The Kier molecular flexibility index (Phi) is 4.63. The molecule has 2 heterocycles. The van der Waals surface area contributed by atoms with Gasteiger partial charge in [-0.2, -0.15) is 0 Å². The predicted molar refractivity (Wildman–Crippen MR) is 84.6 cm³/mol. The maximum Gasteiger partial charge on any atom is 0.173 e. The number of rotatable bonds is 3. The fourth-order valence-electron chi connectivity index (χ4n) is 2.35. The first-order valence-electron chi connectivity index (χ1n) is 6.98. The standard InChI is InChI=1S/C16H17NO4S/c18-12-9-22-16(15(20)14(12)19)21-13-4-2-1-3-11(13)10-5-7-17-8-6-10/h1-8,12,14-16,18-20H,9H2/t12-,14+,15-,16-/m1/s1. The largest absolute Gasteiger partial charge is 0.476 e. The van der Waals surface area contributed by atoms with Gasteiger partial charge in [-0.3, -0.25) is 4.98 Å². The van der Waals surface area contributed by atoms with Gasteiger partial charge in [0.25, 0.3) is 0 Å². The summed E-state index contributed by atoms with van der Waals surface area (Å²) >= 11 is 1.29. The summed E-state index contributed by atoms with van der Waals surface area (Å²) in [6.45, 7) is 0. The van der Waals surface area contributed by atoms with Gasteiger partial charge in [-0.15, -0.1) is 11.8 Å². The van der Waals surface area contributed by atoms with Crippen LogP contribution >= 0.6 is 11.8 Å². The van der Waals surface area contributed by atoms with Crippen LogP contribution in [0.4, 0.5) is 0 Å². The Balaban J connectivity index is 1.84. The summed E-state index contributed by atoms with van der Waals surface area (Å²) in [4.78, 5) is 4.00. The first-order valence-corrected chi connectivity index (χ1v) is 8.03. The van der Waals surface area contributed by atoms with Gasteiger partial charge < -0.3 is 20.1 Å². The maximum atomic E-state index is 10.1. The number of aliphatic hydroxyl groups excluding tert-OH is 3. The second-order valence-electron chi connectivity index (χ2n) is 5.10. The molecule has 1 aromatic heterocycles. The molecule has 0 aliphatic carbocycles. The maximum absolute atomic E-state index is 10.1. The number of nitrogens with zero attached hydrogens (tertiary/aromatic N) is 1. The van der Waals surface area contributed by atoms with Gasteiger partial charge in [0.05, 0.1) is 6.10 Å². The van der Waals surface area contributed by atoms with Gasteiger partial charge in [0.2, 0.25) is 0 Å². The number of aromatic nitrogens is 1. The molecule has 1 aliphatic rings. The zero-order valence-corrected chi connectivity index (χ0v) is 12.6. The lowest BCUT2D eigenvalue weighted by molar-refractivity contribution is -0.0785. The molecular weight excluding hydrogens is 302 g/mol. The van der Waals surface area contributed by atoms with Gasteiger partial charge in [-0.1, -0.05) is 18.2 Å². The average Bonchev–Trinajstić information content (AvgIpc) is 2.57. The predicted octanol–water partition coefficient (Wildman–Crippen LogP) is 1.28. The van der Waals surface area contributed by atoms with Crippen molar-refractivity contribution in [1.82, 2.24) is 4.98 Å². The fraction of sp³-hybridized carbons (Fsp3) is 0.312. The van der Waals surface area contributed by atoms with Crippen molar-refractivity contribution in [2.24, 2.45) is 0 Å².